The highest BCUT2D eigenvalue weighted by molar-refractivity contribution is 5.45. The monoisotopic (exact) mass is 303 g/mol. The van der Waals surface area contributed by atoms with E-state index in [9.17, 15) is 4.39 Å². The third kappa shape index (κ3) is 2.85. The van der Waals surface area contributed by atoms with Crippen molar-refractivity contribution < 1.29 is 18.6 Å². The summed E-state index contributed by atoms with van der Waals surface area (Å²) in [6.45, 7) is 0.644. The van der Waals surface area contributed by atoms with Crippen LogP contribution in [0, 0.1) is 5.82 Å². The summed E-state index contributed by atoms with van der Waals surface area (Å²) in [7, 11) is 1.57. The van der Waals surface area contributed by atoms with Crippen LogP contribution in [-0.4, -0.2) is 20.4 Å². The van der Waals surface area contributed by atoms with Crippen LogP contribution >= 0.6 is 0 Å². The largest absolute Gasteiger partial charge is 0.496 e. The molecule has 3 rings (SSSR count). The number of methoxy groups -OCH3 is 1. The lowest BCUT2D eigenvalue weighted by Crippen LogP contribution is -2.16. The Labute approximate surface area is 128 Å². The topological polar surface area (TPSA) is 53.7 Å². The Morgan fingerprint density at radius 3 is 2.77 bits per heavy atom. The van der Waals surface area contributed by atoms with Gasteiger partial charge >= 0.3 is 0 Å². The van der Waals surface area contributed by atoms with Crippen LogP contribution in [0.1, 0.15) is 17.0 Å². The zero-order valence-electron chi connectivity index (χ0n) is 12.3. The quantitative estimate of drug-likeness (QED) is 0.923. The van der Waals surface area contributed by atoms with E-state index < -0.39 is 0 Å². The molecule has 22 heavy (non-hydrogen) atoms. The van der Waals surface area contributed by atoms with Crippen molar-refractivity contribution in [2.45, 2.75) is 12.3 Å². The molecule has 0 spiro atoms. The summed E-state index contributed by atoms with van der Waals surface area (Å²) in [5.41, 5.74) is 7.75. The van der Waals surface area contributed by atoms with Crippen molar-refractivity contribution in [3.05, 3.63) is 53.3 Å². The molecule has 2 N–H and O–H groups in total. The minimum atomic E-state index is -0.292. The van der Waals surface area contributed by atoms with Crippen LogP contribution in [0.15, 0.2) is 36.4 Å². The van der Waals surface area contributed by atoms with Gasteiger partial charge in [-0.2, -0.15) is 0 Å². The van der Waals surface area contributed by atoms with Crippen molar-refractivity contribution >= 4 is 0 Å². The summed E-state index contributed by atoms with van der Waals surface area (Å²) in [6.07, 6.45) is 0.674. The molecule has 0 aliphatic carbocycles. The van der Waals surface area contributed by atoms with Crippen LogP contribution in [0.5, 0.6) is 17.2 Å². The van der Waals surface area contributed by atoms with E-state index in [1.807, 2.05) is 18.2 Å². The minimum Gasteiger partial charge on any atom is -0.496 e. The molecule has 0 amide bonds. The predicted octanol–water partition coefficient (Wildman–Crippen LogP) is 2.85. The Balaban J connectivity index is 1.87. The van der Waals surface area contributed by atoms with Crippen molar-refractivity contribution in [3.63, 3.8) is 0 Å². The number of ether oxygens (including phenoxy) is 3. The van der Waals surface area contributed by atoms with E-state index in [1.54, 1.807) is 13.2 Å². The lowest BCUT2D eigenvalue weighted by molar-refractivity contribution is 0.174. The molecule has 0 radical (unpaired) electrons. The molecule has 1 atom stereocenters. The molecule has 0 saturated carbocycles. The van der Waals surface area contributed by atoms with Crippen molar-refractivity contribution in [2.75, 3.05) is 20.4 Å². The second-order valence-electron chi connectivity index (χ2n) is 5.21. The van der Waals surface area contributed by atoms with Gasteiger partial charge < -0.3 is 19.9 Å². The third-order valence-electron chi connectivity index (χ3n) is 3.84. The Morgan fingerprint density at radius 1 is 1.18 bits per heavy atom. The van der Waals surface area contributed by atoms with Crippen molar-refractivity contribution in [3.8, 4) is 17.2 Å². The highest BCUT2D eigenvalue weighted by Crippen LogP contribution is 2.35. The van der Waals surface area contributed by atoms with Gasteiger partial charge in [-0.1, -0.05) is 6.07 Å². The summed E-state index contributed by atoms with van der Waals surface area (Å²) in [6, 6.07) is 10.3. The Kier molecular flexibility index (Phi) is 4.15. The highest BCUT2D eigenvalue weighted by atomic mass is 19.1. The van der Waals surface area contributed by atoms with Crippen LogP contribution in [0.2, 0.25) is 0 Å². The molecular formula is C17H18FNO3. The second-order valence-corrected chi connectivity index (χ2v) is 5.21. The first-order valence-corrected chi connectivity index (χ1v) is 7.13. The highest BCUT2D eigenvalue weighted by Gasteiger charge is 2.19. The van der Waals surface area contributed by atoms with Gasteiger partial charge in [-0.3, -0.25) is 0 Å². The van der Waals surface area contributed by atoms with E-state index in [1.165, 1.54) is 12.1 Å². The zero-order valence-corrected chi connectivity index (χ0v) is 12.3. The zero-order chi connectivity index (χ0) is 15.5. The first-order valence-electron chi connectivity index (χ1n) is 7.13. The van der Waals surface area contributed by atoms with E-state index in [0.717, 1.165) is 22.6 Å². The predicted molar refractivity (Wildman–Crippen MR) is 81.0 cm³/mol. The van der Waals surface area contributed by atoms with Crippen LogP contribution in [-0.2, 0) is 6.42 Å². The molecule has 0 fully saturated rings. The number of nitrogens with two attached hydrogens (primary N) is 1. The molecule has 0 saturated heterocycles. The first-order chi connectivity index (χ1) is 10.7. The maximum absolute atomic E-state index is 13.6. The van der Waals surface area contributed by atoms with E-state index in [0.29, 0.717) is 18.7 Å². The standard InChI is InChI=1S/C17H18FNO3/c1-20-15-5-3-13(18)8-14(15)12(9-19)6-11-2-4-16-17(7-11)22-10-21-16/h2-5,7-8,12H,6,9-10,19H2,1H3. The SMILES string of the molecule is COc1ccc(F)cc1C(CN)Cc1ccc2c(c1)OCO2. The van der Waals surface area contributed by atoms with Gasteiger partial charge in [0.1, 0.15) is 11.6 Å². The summed E-state index contributed by atoms with van der Waals surface area (Å²) in [5.74, 6) is 1.81. The molecule has 4 nitrogen and oxygen atoms in total. The molecule has 2 aromatic carbocycles. The molecular weight excluding hydrogens is 285 g/mol. The van der Waals surface area contributed by atoms with Gasteiger partial charge in [-0.15, -0.1) is 0 Å². The Bertz CT molecular complexity index is 675. The maximum Gasteiger partial charge on any atom is 0.231 e. The second kappa shape index (κ2) is 6.23. The minimum absolute atomic E-state index is 0.0361. The molecule has 116 valence electrons. The number of hydrogen-bond donors (Lipinski definition) is 1. The van der Waals surface area contributed by atoms with E-state index in [4.69, 9.17) is 19.9 Å². The molecule has 1 unspecified atom stereocenters. The number of fused-ring (bicyclic) bond motifs is 1. The normalized spacial score (nSPS) is 14.0. The fourth-order valence-corrected chi connectivity index (χ4v) is 2.70. The summed E-state index contributed by atoms with van der Waals surface area (Å²) in [4.78, 5) is 0. The molecule has 2 aromatic rings. The van der Waals surface area contributed by atoms with Crippen molar-refractivity contribution in [1.82, 2.24) is 0 Å². The Hall–Kier alpha value is -2.27. The van der Waals surface area contributed by atoms with Gasteiger partial charge in [0.05, 0.1) is 7.11 Å². The Morgan fingerprint density at radius 2 is 2.00 bits per heavy atom. The fraction of sp³-hybridized carbons (Fsp3) is 0.294. The molecule has 0 bridgehead atoms. The van der Waals surface area contributed by atoms with Crippen molar-refractivity contribution in [2.24, 2.45) is 5.73 Å². The van der Waals surface area contributed by atoms with Crippen LogP contribution in [0.4, 0.5) is 4.39 Å². The van der Waals surface area contributed by atoms with E-state index in [-0.39, 0.29) is 18.5 Å². The molecule has 5 heteroatoms. The van der Waals surface area contributed by atoms with Gasteiger partial charge in [-0.25, -0.2) is 4.39 Å². The van der Waals surface area contributed by atoms with Gasteiger partial charge in [-0.05, 0) is 48.9 Å². The number of hydrogen-bond acceptors (Lipinski definition) is 4. The van der Waals surface area contributed by atoms with E-state index in [2.05, 4.69) is 0 Å². The van der Waals surface area contributed by atoms with Gasteiger partial charge in [0.25, 0.3) is 0 Å². The van der Waals surface area contributed by atoms with Gasteiger partial charge in [0.15, 0.2) is 11.5 Å². The number of benzene rings is 2. The average molecular weight is 303 g/mol. The first kappa shape index (κ1) is 14.7. The average Bonchev–Trinajstić information content (AvgIpc) is 3.00. The molecule has 0 aromatic heterocycles. The third-order valence-corrected chi connectivity index (χ3v) is 3.84. The van der Waals surface area contributed by atoms with E-state index >= 15 is 0 Å². The maximum atomic E-state index is 13.6. The van der Waals surface area contributed by atoms with Crippen LogP contribution in [0.25, 0.3) is 0 Å². The van der Waals surface area contributed by atoms with Gasteiger partial charge in [0, 0.05) is 11.5 Å². The summed E-state index contributed by atoms with van der Waals surface area (Å²) >= 11 is 0. The van der Waals surface area contributed by atoms with Crippen LogP contribution in [0.3, 0.4) is 0 Å². The summed E-state index contributed by atoms with van der Waals surface area (Å²) in [5, 5.41) is 0. The van der Waals surface area contributed by atoms with Crippen LogP contribution < -0.4 is 19.9 Å². The van der Waals surface area contributed by atoms with Gasteiger partial charge in [0.2, 0.25) is 6.79 Å². The summed E-state index contributed by atoms with van der Waals surface area (Å²) < 4.78 is 29.6. The fourth-order valence-electron chi connectivity index (χ4n) is 2.70. The smallest absolute Gasteiger partial charge is 0.231 e. The molecule has 1 aliphatic rings. The molecule has 1 heterocycles. The van der Waals surface area contributed by atoms with Crippen molar-refractivity contribution in [1.29, 1.82) is 0 Å². The number of halogens is 1. The lowest BCUT2D eigenvalue weighted by atomic mass is 9.91. The molecule has 1 aliphatic heterocycles. The lowest BCUT2D eigenvalue weighted by Gasteiger charge is -2.18. The number of rotatable bonds is 5.